The smallest absolute Gasteiger partial charge is 0.267 e. The third-order valence-electron chi connectivity index (χ3n) is 3.95. The van der Waals surface area contributed by atoms with Gasteiger partial charge in [-0.2, -0.15) is 5.10 Å². The highest BCUT2D eigenvalue weighted by atomic mass is 16.2. The van der Waals surface area contributed by atoms with Crippen LogP contribution in [0, 0.1) is 0 Å². The number of rotatable bonds is 4. The number of hydrogen-bond donors (Lipinski definition) is 2. The first-order chi connectivity index (χ1) is 12.7. The standard InChI is InChI=1S/C19H15N5O2/c25-17(22-16-8-4-7-15-19(16)21-12-20-15)11-24-18(26)10-9-14(23-24)13-5-2-1-3-6-13/h1-10,12H,11H2,(H,20,21)(H,22,25). The molecule has 7 nitrogen and oxygen atoms in total. The fraction of sp³-hybridized carbons (Fsp3) is 0.0526. The van der Waals surface area contributed by atoms with Gasteiger partial charge in [0.15, 0.2) is 0 Å². The summed E-state index contributed by atoms with van der Waals surface area (Å²) in [5, 5.41) is 7.08. The first-order valence-corrected chi connectivity index (χ1v) is 8.06. The van der Waals surface area contributed by atoms with Crippen LogP contribution in [0.3, 0.4) is 0 Å². The van der Waals surface area contributed by atoms with Crippen LogP contribution in [0.5, 0.6) is 0 Å². The lowest BCUT2D eigenvalue weighted by Crippen LogP contribution is -2.29. The summed E-state index contributed by atoms with van der Waals surface area (Å²) in [6.07, 6.45) is 1.57. The molecule has 128 valence electrons. The molecule has 4 aromatic rings. The summed E-state index contributed by atoms with van der Waals surface area (Å²) in [7, 11) is 0. The van der Waals surface area contributed by atoms with Gasteiger partial charge in [0.25, 0.3) is 5.56 Å². The van der Waals surface area contributed by atoms with Crippen molar-refractivity contribution in [1.82, 2.24) is 19.7 Å². The molecule has 0 unspecified atom stereocenters. The average molecular weight is 345 g/mol. The van der Waals surface area contributed by atoms with Gasteiger partial charge >= 0.3 is 0 Å². The third-order valence-corrected chi connectivity index (χ3v) is 3.95. The SMILES string of the molecule is O=C(Cn1nc(-c2ccccc2)ccc1=O)Nc1cccc2[nH]cnc12. The molecule has 7 heteroatoms. The number of anilines is 1. The summed E-state index contributed by atoms with van der Waals surface area (Å²) in [6.45, 7) is -0.180. The van der Waals surface area contributed by atoms with E-state index in [0.29, 0.717) is 16.9 Å². The molecule has 26 heavy (non-hydrogen) atoms. The van der Waals surface area contributed by atoms with Gasteiger partial charge in [-0.05, 0) is 18.2 Å². The summed E-state index contributed by atoms with van der Waals surface area (Å²) in [4.78, 5) is 31.6. The van der Waals surface area contributed by atoms with E-state index in [0.717, 1.165) is 15.8 Å². The number of nitrogens with one attached hydrogen (secondary N) is 2. The van der Waals surface area contributed by atoms with Gasteiger partial charge in [-0.3, -0.25) is 9.59 Å². The second-order valence-electron chi connectivity index (χ2n) is 5.73. The Morgan fingerprint density at radius 3 is 2.73 bits per heavy atom. The van der Waals surface area contributed by atoms with E-state index in [4.69, 9.17) is 0 Å². The van der Waals surface area contributed by atoms with Crippen molar-refractivity contribution in [1.29, 1.82) is 0 Å². The van der Waals surface area contributed by atoms with Crippen molar-refractivity contribution in [3.8, 4) is 11.3 Å². The van der Waals surface area contributed by atoms with Crippen molar-refractivity contribution < 1.29 is 4.79 Å². The van der Waals surface area contributed by atoms with E-state index >= 15 is 0 Å². The average Bonchev–Trinajstić information content (AvgIpc) is 3.14. The monoisotopic (exact) mass is 345 g/mol. The number of aromatic amines is 1. The van der Waals surface area contributed by atoms with E-state index < -0.39 is 0 Å². The highest BCUT2D eigenvalue weighted by Gasteiger charge is 2.10. The predicted molar refractivity (Wildman–Crippen MR) is 98.7 cm³/mol. The Morgan fingerprint density at radius 1 is 1.04 bits per heavy atom. The van der Waals surface area contributed by atoms with Gasteiger partial charge in [-0.15, -0.1) is 0 Å². The Hall–Kier alpha value is -3.74. The lowest BCUT2D eigenvalue weighted by molar-refractivity contribution is -0.117. The van der Waals surface area contributed by atoms with Crippen LogP contribution in [0.1, 0.15) is 0 Å². The maximum Gasteiger partial charge on any atom is 0.267 e. The van der Waals surface area contributed by atoms with Crippen LogP contribution in [-0.2, 0) is 11.3 Å². The molecule has 1 amide bonds. The van der Waals surface area contributed by atoms with E-state index in [1.165, 1.54) is 6.07 Å². The Morgan fingerprint density at radius 2 is 1.88 bits per heavy atom. The lowest BCUT2D eigenvalue weighted by atomic mass is 10.1. The summed E-state index contributed by atoms with van der Waals surface area (Å²) in [6, 6.07) is 18.0. The van der Waals surface area contributed by atoms with Gasteiger partial charge in [0, 0.05) is 11.6 Å². The van der Waals surface area contributed by atoms with E-state index in [2.05, 4.69) is 20.4 Å². The molecule has 2 heterocycles. The Bertz CT molecular complexity index is 1130. The largest absolute Gasteiger partial charge is 0.345 e. The number of hydrogen-bond acceptors (Lipinski definition) is 4. The van der Waals surface area contributed by atoms with Crippen LogP contribution in [0.25, 0.3) is 22.3 Å². The molecule has 0 aliphatic carbocycles. The minimum absolute atomic E-state index is 0.180. The molecule has 2 N–H and O–H groups in total. The fourth-order valence-electron chi connectivity index (χ4n) is 2.72. The van der Waals surface area contributed by atoms with Crippen molar-refractivity contribution >= 4 is 22.6 Å². The van der Waals surface area contributed by atoms with Crippen molar-refractivity contribution in [3.63, 3.8) is 0 Å². The Labute approximate surface area is 148 Å². The molecular formula is C19H15N5O2. The van der Waals surface area contributed by atoms with Crippen LogP contribution in [0.4, 0.5) is 5.69 Å². The number of carbonyl (C=O) groups excluding carboxylic acids is 1. The summed E-state index contributed by atoms with van der Waals surface area (Å²) in [5.74, 6) is -0.347. The molecule has 0 spiro atoms. The van der Waals surface area contributed by atoms with Gasteiger partial charge in [0.1, 0.15) is 12.1 Å². The zero-order valence-corrected chi connectivity index (χ0v) is 13.7. The van der Waals surface area contributed by atoms with Crippen LogP contribution in [-0.4, -0.2) is 25.7 Å². The number of fused-ring (bicyclic) bond motifs is 1. The molecule has 2 aromatic carbocycles. The number of H-pyrrole nitrogens is 1. The number of imidazole rings is 1. The van der Waals surface area contributed by atoms with E-state index in [-0.39, 0.29) is 18.0 Å². The molecule has 0 atom stereocenters. The van der Waals surface area contributed by atoms with E-state index in [9.17, 15) is 9.59 Å². The van der Waals surface area contributed by atoms with Gasteiger partial charge in [0.05, 0.1) is 23.2 Å². The topological polar surface area (TPSA) is 92.7 Å². The van der Waals surface area contributed by atoms with Gasteiger partial charge < -0.3 is 10.3 Å². The number of nitrogens with zero attached hydrogens (tertiary/aromatic N) is 3. The Balaban J connectivity index is 1.58. The molecule has 4 rings (SSSR count). The van der Waals surface area contributed by atoms with Gasteiger partial charge in [-0.1, -0.05) is 36.4 Å². The third kappa shape index (κ3) is 3.10. The maximum absolute atomic E-state index is 12.4. The zero-order chi connectivity index (χ0) is 17.9. The summed E-state index contributed by atoms with van der Waals surface area (Å²) < 4.78 is 1.16. The molecule has 0 bridgehead atoms. The quantitative estimate of drug-likeness (QED) is 0.594. The van der Waals surface area contributed by atoms with Crippen molar-refractivity contribution in [2.45, 2.75) is 6.54 Å². The number of aromatic nitrogens is 4. The van der Waals surface area contributed by atoms with Crippen molar-refractivity contribution in [2.75, 3.05) is 5.32 Å². The molecule has 0 aliphatic rings. The number of benzene rings is 2. The first-order valence-electron chi connectivity index (χ1n) is 8.06. The predicted octanol–water partition coefficient (Wildman–Crippen LogP) is 2.43. The van der Waals surface area contributed by atoms with Gasteiger partial charge in [-0.25, -0.2) is 9.67 Å². The summed E-state index contributed by atoms with van der Waals surface area (Å²) in [5.41, 5.74) is 3.25. The van der Waals surface area contributed by atoms with Gasteiger partial charge in [0.2, 0.25) is 5.91 Å². The van der Waals surface area contributed by atoms with Crippen LogP contribution < -0.4 is 10.9 Å². The highest BCUT2D eigenvalue weighted by molar-refractivity contribution is 5.99. The van der Waals surface area contributed by atoms with E-state index in [1.54, 1.807) is 18.5 Å². The van der Waals surface area contributed by atoms with Crippen LogP contribution in [0.2, 0.25) is 0 Å². The van der Waals surface area contributed by atoms with Crippen molar-refractivity contribution in [2.24, 2.45) is 0 Å². The fourth-order valence-corrected chi connectivity index (χ4v) is 2.72. The molecule has 0 radical (unpaired) electrons. The minimum atomic E-state index is -0.347. The second kappa shape index (κ2) is 6.64. The zero-order valence-electron chi connectivity index (χ0n) is 13.7. The number of amides is 1. The molecule has 0 saturated carbocycles. The first kappa shape index (κ1) is 15.8. The molecule has 0 aliphatic heterocycles. The molecule has 0 saturated heterocycles. The van der Waals surface area contributed by atoms with Crippen LogP contribution >= 0.6 is 0 Å². The molecule has 2 aromatic heterocycles. The second-order valence-corrected chi connectivity index (χ2v) is 5.73. The number of para-hydroxylation sites is 1. The highest BCUT2D eigenvalue weighted by Crippen LogP contribution is 2.19. The lowest BCUT2D eigenvalue weighted by Gasteiger charge is -2.08. The van der Waals surface area contributed by atoms with E-state index in [1.807, 2.05) is 42.5 Å². The maximum atomic E-state index is 12.4. The Kier molecular flexibility index (Phi) is 4.03. The minimum Gasteiger partial charge on any atom is -0.345 e. The summed E-state index contributed by atoms with van der Waals surface area (Å²) >= 11 is 0. The van der Waals surface area contributed by atoms with Crippen LogP contribution in [0.15, 0.2) is 71.8 Å². The molecular weight excluding hydrogens is 330 g/mol. The number of carbonyl (C=O) groups is 1. The van der Waals surface area contributed by atoms with Crippen molar-refractivity contribution in [3.05, 3.63) is 77.3 Å². The molecule has 0 fully saturated rings. The normalized spacial score (nSPS) is 10.8.